The highest BCUT2D eigenvalue weighted by atomic mass is 16.7. The average molecular weight is 214 g/mol. The van der Waals surface area contributed by atoms with Crippen molar-refractivity contribution in [2.45, 2.75) is 58.0 Å². The molecule has 86 valence electrons. The van der Waals surface area contributed by atoms with Gasteiger partial charge in [-0.05, 0) is 20.8 Å². The molecule has 0 aliphatic carbocycles. The molecule has 1 fully saturated rings. The fraction of sp³-hybridized carbons (Fsp3) is 0.818. The SMILES string of the molecule is CC(=O)C[C@@H]1CC(CC=O)OC(C)(C)O1. The van der Waals surface area contributed by atoms with Crippen LogP contribution in [0.1, 0.15) is 40.0 Å². The Morgan fingerprint density at radius 2 is 2.00 bits per heavy atom. The molecule has 1 aliphatic rings. The third-order valence-electron chi connectivity index (χ3n) is 2.30. The minimum Gasteiger partial charge on any atom is -0.347 e. The molecule has 0 spiro atoms. The Labute approximate surface area is 89.9 Å². The van der Waals surface area contributed by atoms with Gasteiger partial charge in [0.1, 0.15) is 12.1 Å². The fourth-order valence-corrected chi connectivity index (χ4v) is 1.92. The Kier molecular flexibility index (Phi) is 3.99. The number of ether oxygens (including phenoxy) is 2. The van der Waals surface area contributed by atoms with Crippen LogP contribution in [-0.4, -0.2) is 30.1 Å². The lowest BCUT2D eigenvalue weighted by atomic mass is 10.0. The number of Topliss-reactive ketones (excluding diaryl/α,β-unsaturated/α-hetero) is 1. The van der Waals surface area contributed by atoms with Gasteiger partial charge in [0.05, 0.1) is 12.2 Å². The highest BCUT2D eigenvalue weighted by Gasteiger charge is 2.35. The number of carbonyl (C=O) groups is 2. The lowest BCUT2D eigenvalue weighted by molar-refractivity contribution is -0.298. The van der Waals surface area contributed by atoms with E-state index in [1.165, 1.54) is 0 Å². The molecule has 0 saturated carbocycles. The van der Waals surface area contributed by atoms with Gasteiger partial charge in [0, 0.05) is 19.3 Å². The van der Waals surface area contributed by atoms with Gasteiger partial charge < -0.3 is 14.3 Å². The summed E-state index contributed by atoms with van der Waals surface area (Å²) in [7, 11) is 0. The van der Waals surface area contributed by atoms with Crippen LogP contribution in [0.5, 0.6) is 0 Å². The molecular formula is C11H18O4. The molecule has 1 saturated heterocycles. The summed E-state index contributed by atoms with van der Waals surface area (Å²) in [5.74, 6) is -0.603. The molecule has 1 heterocycles. The van der Waals surface area contributed by atoms with Crippen LogP contribution in [0.2, 0.25) is 0 Å². The third kappa shape index (κ3) is 4.10. The maximum absolute atomic E-state index is 11.0. The van der Waals surface area contributed by atoms with Crippen molar-refractivity contribution in [1.82, 2.24) is 0 Å². The lowest BCUT2D eigenvalue weighted by Gasteiger charge is -2.40. The third-order valence-corrected chi connectivity index (χ3v) is 2.30. The topological polar surface area (TPSA) is 52.6 Å². The smallest absolute Gasteiger partial charge is 0.163 e. The molecule has 0 radical (unpaired) electrons. The molecule has 0 aromatic carbocycles. The molecule has 2 atom stereocenters. The van der Waals surface area contributed by atoms with Crippen molar-refractivity contribution in [3.05, 3.63) is 0 Å². The first kappa shape index (κ1) is 12.3. The van der Waals surface area contributed by atoms with Gasteiger partial charge in [-0.15, -0.1) is 0 Å². The molecule has 0 aromatic rings. The van der Waals surface area contributed by atoms with Crippen molar-refractivity contribution < 1.29 is 19.1 Å². The molecule has 1 unspecified atom stereocenters. The summed E-state index contributed by atoms with van der Waals surface area (Å²) in [6.45, 7) is 5.15. The largest absolute Gasteiger partial charge is 0.347 e. The second-order valence-corrected chi connectivity index (χ2v) is 4.42. The second kappa shape index (κ2) is 4.86. The van der Waals surface area contributed by atoms with Crippen LogP contribution in [0.15, 0.2) is 0 Å². The van der Waals surface area contributed by atoms with Gasteiger partial charge in [-0.2, -0.15) is 0 Å². The van der Waals surface area contributed by atoms with E-state index in [1.54, 1.807) is 20.8 Å². The molecule has 0 bridgehead atoms. The van der Waals surface area contributed by atoms with Crippen LogP contribution < -0.4 is 0 Å². The van der Waals surface area contributed by atoms with Crippen molar-refractivity contribution in [1.29, 1.82) is 0 Å². The van der Waals surface area contributed by atoms with E-state index in [0.29, 0.717) is 19.3 Å². The first-order chi connectivity index (χ1) is 6.93. The van der Waals surface area contributed by atoms with Gasteiger partial charge in [-0.3, -0.25) is 4.79 Å². The van der Waals surface area contributed by atoms with Crippen LogP contribution in [0.4, 0.5) is 0 Å². The van der Waals surface area contributed by atoms with Gasteiger partial charge in [0.25, 0.3) is 0 Å². The van der Waals surface area contributed by atoms with Gasteiger partial charge in [0.15, 0.2) is 5.79 Å². The number of rotatable bonds is 4. The number of aldehydes is 1. The standard InChI is InChI=1S/C11H18O4/c1-8(13)6-10-7-9(4-5-12)14-11(2,3)15-10/h5,9-10H,4,6-7H2,1-3H3/t9?,10-/m1/s1. The van der Waals surface area contributed by atoms with E-state index in [4.69, 9.17) is 9.47 Å². The normalized spacial score (nSPS) is 29.8. The van der Waals surface area contributed by atoms with E-state index in [9.17, 15) is 9.59 Å². The Balaban J connectivity index is 2.59. The van der Waals surface area contributed by atoms with E-state index in [2.05, 4.69) is 0 Å². The van der Waals surface area contributed by atoms with E-state index < -0.39 is 5.79 Å². The molecule has 0 aromatic heterocycles. The summed E-state index contributed by atoms with van der Waals surface area (Å²) in [6, 6.07) is 0. The minimum atomic E-state index is -0.702. The van der Waals surface area contributed by atoms with Crippen LogP contribution in [0, 0.1) is 0 Å². The van der Waals surface area contributed by atoms with Crippen LogP contribution >= 0.6 is 0 Å². The van der Waals surface area contributed by atoms with E-state index in [1.807, 2.05) is 0 Å². The summed E-state index contributed by atoms with van der Waals surface area (Å²) in [4.78, 5) is 21.4. The van der Waals surface area contributed by atoms with E-state index in [0.717, 1.165) is 6.29 Å². The molecule has 15 heavy (non-hydrogen) atoms. The lowest BCUT2D eigenvalue weighted by Crippen LogP contribution is -2.45. The number of carbonyl (C=O) groups excluding carboxylic acids is 2. The monoisotopic (exact) mass is 214 g/mol. The molecule has 0 amide bonds. The van der Waals surface area contributed by atoms with Crippen LogP contribution in [0.3, 0.4) is 0 Å². The zero-order valence-electron chi connectivity index (χ0n) is 9.49. The highest BCUT2D eigenvalue weighted by molar-refractivity contribution is 5.76. The van der Waals surface area contributed by atoms with Crippen molar-refractivity contribution in [3.8, 4) is 0 Å². The molecule has 4 heteroatoms. The Bertz CT molecular complexity index is 247. The Morgan fingerprint density at radius 3 is 2.53 bits per heavy atom. The molecule has 0 N–H and O–H groups in total. The van der Waals surface area contributed by atoms with Crippen molar-refractivity contribution >= 4 is 12.1 Å². The zero-order chi connectivity index (χ0) is 11.5. The maximum Gasteiger partial charge on any atom is 0.163 e. The zero-order valence-corrected chi connectivity index (χ0v) is 9.49. The van der Waals surface area contributed by atoms with Gasteiger partial charge in [0.2, 0.25) is 0 Å². The number of ketones is 1. The highest BCUT2D eigenvalue weighted by Crippen LogP contribution is 2.29. The summed E-state index contributed by atoms with van der Waals surface area (Å²) in [5.41, 5.74) is 0. The summed E-state index contributed by atoms with van der Waals surface area (Å²) in [6.07, 6.45) is 1.95. The second-order valence-electron chi connectivity index (χ2n) is 4.42. The Morgan fingerprint density at radius 1 is 1.40 bits per heavy atom. The predicted octanol–water partition coefficient (Wildman–Crippen LogP) is 1.46. The van der Waals surface area contributed by atoms with Gasteiger partial charge >= 0.3 is 0 Å². The van der Waals surface area contributed by atoms with E-state index in [-0.39, 0.29) is 18.0 Å². The minimum absolute atomic E-state index is 0.0996. The van der Waals surface area contributed by atoms with Crippen molar-refractivity contribution in [2.24, 2.45) is 0 Å². The average Bonchev–Trinajstić information content (AvgIpc) is 1.99. The summed E-state index contributed by atoms with van der Waals surface area (Å²) < 4.78 is 11.2. The fourth-order valence-electron chi connectivity index (χ4n) is 1.92. The Hall–Kier alpha value is -0.740. The maximum atomic E-state index is 11.0. The van der Waals surface area contributed by atoms with E-state index >= 15 is 0 Å². The first-order valence-electron chi connectivity index (χ1n) is 5.21. The van der Waals surface area contributed by atoms with Crippen LogP contribution in [-0.2, 0) is 19.1 Å². The molecule has 1 aliphatic heterocycles. The number of hydrogen-bond acceptors (Lipinski definition) is 4. The van der Waals surface area contributed by atoms with Crippen LogP contribution in [0.25, 0.3) is 0 Å². The van der Waals surface area contributed by atoms with Crippen molar-refractivity contribution in [2.75, 3.05) is 0 Å². The molecular weight excluding hydrogens is 196 g/mol. The van der Waals surface area contributed by atoms with Gasteiger partial charge in [-0.25, -0.2) is 0 Å². The number of hydrogen-bond donors (Lipinski definition) is 0. The predicted molar refractivity (Wildman–Crippen MR) is 54.4 cm³/mol. The van der Waals surface area contributed by atoms with Crippen molar-refractivity contribution in [3.63, 3.8) is 0 Å². The summed E-state index contributed by atoms with van der Waals surface area (Å²) in [5, 5.41) is 0. The van der Waals surface area contributed by atoms with Gasteiger partial charge in [-0.1, -0.05) is 0 Å². The quantitative estimate of drug-likeness (QED) is 0.665. The molecule has 1 rings (SSSR count). The molecule has 4 nitrogen and oxygen atoms in total. The first-order valence-corrected chi connectivity index (χ1v) is 5.21. The summed E-state index contributed by atoms with van der Waals surface area (Å²) >= 11 is 0.